The van der Waals surface area contributed by atoms with Gasteiger partial charge < -0.3 is 15.4 Å². The molecule has 0 unspecified atom stereocenters. The normalized spacial score (nSPS) is 12.2. The van der Waals surface area contributed by atoms with E-state index in [9.17, 15) is 27.6 Å². The molecule has 0 spiro atoms. The van der Waals surface area contributed by atoms with Crippen LogP contribution in [0.1, 0.15) is 38.1 Å². The van der Waals surface area contributed by atoms with Crippen LogP contribution in [0.25, 0.3) is 0 Å². The summed E-state index contributed by atoms with van der Waals surface area (Å²) in [4.78, 5) is 47.8. The van der Waals surface area contributed by atoms with E-state index in [0.717, 1.165) is 0 Å². The van der Waals surface area contributed by atoms with Crippen LogP contribution in [-0.4, -0.2) is 69.3 Å². The van der Waals surface area contributed by atoms with Crippen LogP contribution < -0.4 is 16.0 Å². The molecule has 11 nitrogen and oxygen atoms in total. The van der Waals surface area contributed by atoms with Crippen molar-refractivity contribution in [3.05, 3.63) is 29.8 Å². The maximum atomic E-state index is 12.7. The van der Waals surface area contributed by atoms with E-state index in [2.05, 4.69) is 10.6 Å². The summed E-state index contributed by atoms with van der Waals surface area (Å²) in [7, 11) is -2.44. The number of hydrogen-bond acceptors (Lipinski definition) is 7. The van der Waals surface area contributed by atoms with Crippen molar-refractivity contribution in [2.24, 2.45) is 5.92 Å². The van der Waals surface area contributed by atoms with Gasteiger partial charge in [0.05, 0.1) is 4.90 Å². The molecular weight excluding hydrogens is 440 g/mol. The molecule has 0 bridgehead atoms. The van der Waals surface area contributed by atoms with Crippen molar-refractivity contribution in [3.63, 3.8) is 0 Å². The smallest absolute Gasteiger partial charge is 0.329 e. The number of amides is 4. The molecular formula is C20H30N4O7S. The zero-order chi connectivity index (χ0) is 24.5. The Morgan fingerprint density at radius 3 is 2.25 bits per heavy atom. The second kappa shape index (κ2) is 12.2. The average Bonchev–Trinajstić information content (AvgIpc) is 2.76. The molecule has 1 aromatic rings. The van der Waals surface area contributed by atoms with Crippen LogP contribution in [0.4, 0.5) is 4.79 Å². The number of carbonyl (C=O) groups excluding carboxylic acids is 4. The largest absolute Gasteiger partial charge is 0.454 e. The minimum absolute atomic E-state index is 0.0385. The second-order valence-electron chi connectivity index (χ2n) is 7.05. The number of sulfonamides is 1. The highest BCUT2D eigenvalue weighted by molar-refractivity contribution is 7.89. The monoisotopic (exact) mass is 470 g/mol. The first-order valence-electron chi connectivity index (χ1n) is 10.1. The number of carbonyl (C=O) groups is 4. The highest BCUT2D eigenvalue weighted by Crippen LogP contribution is 2.17. The lowest BCUT2D eigenvalue weighted by atomic mass is 10.0. The molecule has 1 aromatic carbocycles. The molecule has 0 heterocycles. The van der Waals surface area contributed by atoms with E-state index >= 15 is 0 Å². The highest BCUT2D eigenvalue weighted by atomic mass is 32.2. The first-order chi connectivity index (χ1) is 15.0. The van der Waals surface area contributed by atoms with Crippen molar-refractivity contribution in [1.29, 1.82) is 0 Å². The number of rotatable bonds is 10. The Labute approximate surface area is 187 Å². The van der Waals surface area contributed by atoms with Crippen LogP contribution in [0.5, 0.6) is 0 Å². The molecule has 0 aliphatic heterocycles. The summed E-state index contributed by atoms with van der Waals surface area (Å²) in [5.41, 5.74) is 0.0500. The van der Waals surface area contributed by atoms with Gasteiger partial charge in [-0.1, -0.05) is 33.8 Å². The van der Waals surface area contributed by atoms with Gasteiger partial charge in [-0.25, -0.2) is 18.0 Å². The summed E-state index contributed by atoms with van der Waals surface area (Å²) in [6.07, 6.45) is 0. The number of urea groups is 1. The van der Waals surface area contributed by atoms with Crippen LogP contribution in [0.2, 0.25) is 0 Å². The number of nitrogens with one attached hydrogen (secondary N) is 3. The van der Waals surface area contributed by atoms with Crippen LogP contribution in [0, 0.1) is 5.92 Å². The SMILES string of the molecule is CCN(CC)S(=O)(=O)c1cccc(C(=O)N[C@@H](C(=O)OCC(=O)NC(=O)NC)C(C)C)c1. The van der Waals surface area contributed by atoms with E-state index < -0.39 is 52.4 Å². The standard InChI is InChI=1S/C20H30N4O7S/c1-6-24(7-2)32(29,30)15-10-8-9-14(11-15)18(26)23-17(13(3)4)19(27)31-12-16(25)22-20(28)21-5/h8-11,13,17H,6-7,12H2,1-5H3,(H,23,26)(H2,21,22,25,28)/t17-/m1/s1. The topological polar surface area (TPSA) is 151 Å². The van der Waals surface area contributed by atoms with E-state index in [1.807, 2.05) is 5.32 Å². The van der Waals surface area contributed by atoms with E-state index in [4.69, 9.17) is 4.74 Å². The number of esters is 1. The van der Waals surface area contributed by atoms with Gasteiger partial charge in [-0.15, -0.1) is 0 Å². The molecule has 178 valence electrons. The summed E-state index contributed by atoms with van der Waals surface area (Å²) in [5.74, 6) is -2.77. The third kappa shape index (κ3) is 7.31. The Morgan fingerprint density at radius 1 is 1.09 bits per heavy atom. The summed E-state index contributed by atoms with van der Waals surface area (Å²) < 4.78 is 31.6. The van der Waals surface area contributed by atoms with Gasteiger partial charge in [0.2, 0.25) is 10.0 Å². The fraction of sp³-hybridized carbons (Fsp3) is 0.500. The van der Waals surface area contributed by atoms with E-state index in [-0.39, 0.29) is 23.5 Å². The number of imide groups is 1. The van der Waals surface area contributed by atoms with Crippen molar-refractivity contribution in [3.8, 4) is 0 Å². The van der Waals surface area contributed by atoms with Crippen molar-refractivity contribution >= 4 is 33.8 Å². The van der Waals surface area contributed by atoms with Gasteiger partial charge in [-0.3, -0.25) is 14.9 Å². The molecule has 0 fully saturated rings. The summed E-state index contributed by atoms with van der Waals surface area (Å²) in [5, 5.41) is 6.64. The third-order valence-corrected chi connectivity index (χ3v) is 6.52. The van der Waals surface area contributed by atoms with Crippen molar-refractivity contribution in [2.75, 3.05) is 26.7 Å². The zero-order valence-electron chi connectivity index (χ0n) is 18.8. The summed E-state index contributed by atoms with van der Waals surface area (Å²) >= 11 is 0. The Bertz CT molecular complexity index is 943. The second-order valence-corrected chi connectivity index (χ2v) is 8.99. The van der Waals surface area contributed by atoms with Gasteiger partial charge in [0, 0.05) is 25.7 Å². The third-order valence-electron chi connectivity index (χ3n) is 4.47. The lowest BCUT2D eigenvalue weighted by Gasteiger charge is -2.21. The molecule has 32 heavy (non-hydrogen) atoms. The molecule has 0 saturated carbocycles. The van der Waals surface area contributed by atoms with Gasteiger partial charge >= 0.3 is 12.0 Å². The molecule has 4 amide bonds. The van der Waals surface area contributed by atoms with E-state index in [1.54, 1.807) is 27.7 Å². The minimum atomic E-state index is -3.76. The molecule has 0 aliphatic carbocycles. The molecule has 12 heteroatoms. The van der Waals surface area contributed by atoms with Crippen molar-refractivity contribution in [1.82, 2.24) is 20.3 Å². The highest BCUT2D eigenvalue weighted by Gasteiger charge is 2.28. The van der Waals surface area contributed by atoms with Crippen LogP contribution in [-0.2, 0) is 24.3 Å². The Hall–Kier alpha value is -2.99. The van der Waals surface area contributed by atoms with Crippen molar-refractivity contribution < 1.29 is 32.3 Å². The van der Waals surface area contributed by atoms with Gasteiger partial charge in [-0.2, -0.15) is 4.31 Å². The number of nitrogens with zero attached hydrogens (tertiary/aromatic N) is 1. The quantitative estimate of drug-likeness (QED) is 0.421. The molecule has 3 N–H and O–H groups in total. The molecule has 1 rings (SSSR count). The van der Waals surface area contributed by atoms with E-state index in [1.165, 1.54) is 35.6 Å². The zero-order valence-corrected chi connectivity index (χ0v) is 19.6. The predicted octanol–water partition coefficient (Wildman–Crippen LogP) is 0.470. The number of benzene rings is 1. The maximum absolute atomic E-state index is 12.7. The minimum Gasteiger partial charge on any atom is -0.454 e. The molecule has 0 radical (unpaired) electrons. The summed E-state index contributed by atoms with van der Waals surface area (Å²) in [6, 6.07) is 3.65. The predicted molar refractivity (Wildman–Crippen MR) is 116 cm³/mol. The lowest BCUT2D eigenvalue weighted by molar-refractivity contribution is -0.151. The Kier molecular flexibility index (Phi) is 10.3. The Balaban J connectivity index is 2.94. The molecule has 0 aliphatic rings. The number of ether oxygens (including phenoxy) is 1. The first-order valence-corrected chi connectivity index (χ1v) is 11.5. The number of hydrogen-bond donors (Lipinski definition) is 3. The Morgan fingerprint density at radius 2 is 1.72 bits per heavy atom. The fourth-order valence-corrected chi connectivity index (χ4v) is 4.19. The van der Waals surface area contributed by atoms with Crippen molar-refractivity contribution in [2.45, 2.75) is 38.6 Å². The molecule has 0 saturated heterocycles. The van der Waals surface area contributed by atoms with Crippen LogP contribution in [0.3, 0.4) is 0 Å². The van der Waals surface area contributed by atoms with Gasteiger partial charge in [0.1, 0.15) is 6.04 Å². The first kappa shape index (κ1) is 27.0. The average molecular weight is 471 g/mol. The molecule has 1 atom stereocenters. The van der Waals surface area contributed by atoms with Crippen LogP contribution >= 0.6 is 0 Å². The van der Waals surface area contributed by atoms with E-state index in [0.29, 0.717) is 0 Å². The van der Waals surface area contributed by atoms with Gasteiger partial charge in [0.15, 0.2) is 6.61 Å². The van der Waals surface area contributed by atoms with Crippen LogP contribution in [0.15, 0.2) is 29.2 Å². The summed E-state index contributed by atoms with van der Waals surface area (Å²) in [6.45, 7) is 6.61. The fourth-order valence-electron chi connectivity index (χ4n) is 2.68. The molecule has 0 aromatic heterocycles. The van der Waals surface area contributed by atoms with Gasteiger partial charge in [-0.05, 0) is 24.1 Å². The lowest BCUT2D eigenvalue weighted by Crippen LogP contribution is -2.46. The maximum Gasteiger partial charge on any atom is 0.329 e. The van der Waals surface area contributed by atoms with Gasteiger partial charge in [0.25, 0.3) is 11.8 Å².